The summed E-state index contributed by atoms with van der Waals surface area (Å²) in [5.41, 5.74) is -2.99. The third-order valence-corrected chi connectivity index (χ3v) is 6.02. The normalized spacial score (nSPS) is 18.6. The lowest BCUT2D eigenvalue weighted by atomic mass is 9.76. The first-order valence-corrected chi connectivity index (χ1v) is 11.2. The first kappa shape index (κ1) is 26.5. The minimum atomic E-state index is -4.95. The number of carbonyl (C=O) groups is 1. The topological polar surface area (TPSA) is 92.8 Å². The van der Waals surface area contributed by atoms with Crippen LogP contribution in [0.25, 0.3) is 11.1 Å². The van der Waals surface area contributed by atoms with E-state index in [4.69, 9.17) is 16.3 Å². The molecule has 0 saturated carbocycles. The standard InChI is InChI=1S/C23H18ClF6N5O2/c24-15-6-2-13(3-7-15)17-12-21(23(28,29)30,31-20(36)18(17)19-32-34-35-33-19)14-4-8-16(9-5-14)37-11-1-10-22(25,26)27/h2-9H,1,10-12H2,(H,31,36)(H,32,33,34,35). The van der Waals surface area contributed by atoms with E-state index in [1.807, 2.05) is 0 Å². The van der Waals surface area contributed by atoms with Crippen LogP contribution < -0.4 is 10.1 Å². The molecule has 7 nitrogen and oxygen atoms in total. The zero-order valence-corrected chi connectivity index (χ0v) is 19.5. The highest BCUT2D eigenvalue weighted by molar-refractivity contribution is 6.31. The molecule has 1 atom stereocenters. The molecule has 3 aromatic rings. The van der Waals surface area contributed by atoms with Gasteiger partial charge < -0.3 is 10.1 Å². The van der Waals surface area contributed by atoms with E-state index in [9.17, 15) is 31.1 Å². The Bertz CT molecular complexity index is 1270. The van der Waals surface area contributed by atoms with Crippen molar-refractivity contribution in [1.29, 1.82) is 0 Å². The number of rotatable bonds is 7. The van der Waals surface area contributed by atoms with Gasteiger partial charge in [0.15, 0.2) is 5.54 Å². The average molecular weight is 546 g/mol. The van der Waals surface area contributed by atoms with E-state index >= 15 is 0 Å². The molecular formula is C23H18ClF6N5O2. The highest BCUT2D eigenvalue weighted by Gasteiger charge is 2.59. The quantitative estimate of drug-likeness (QED) is 0.304. The van der Waals surface area contributed by atoms with Crippen molar-refractivity contribution in [1.82, 2.24) is 25.9 Å². The van der Waals surface area contributed by atoms with Crippen molar-refractivity contribution in [3.8, 4) is 5.75 Å². The van der Waals surface area contributed by atoms with E-state index in [0.29, 0.717) is 10.6 Å². The maximum absolute atomic E-state index is 14.7. The number of alkyl halides is 6. The summed E-state index contributed by atoms with van der Waals surface area (Å²) in [4.78, 5) is 13.2. The second-order valence-corrected chi connectivity index (χ2v) is 8.66. The number of nitrogens with zero attached hydrogens (tertiary/aromatic N) is 3. The van der Waals surface area contributed by atoms with Crippen LogP contribution in [0.2, 0.25) is 5.02 Å². The second kappa shape index (κ2) is 10.0. The van der Waals surface area contributed by atoms with Gasteiger partial charge >= 0.3 is 12.4 Å². The lowest BCUT2D eigenvalue weighted by Gasteiger charge is -2.41. The van der Waals surface area contributed by atoms with Crippen molar-refractivity contribution in [2.45, 2.75) is 37.2 Å². The third kappa shape index (κ3) is 5.71. The van der Waals surface area contributed by atoms with Crippen molar-refractivity contribution in [2.24, 2.45) is 0 Å². The lowest BCUT2D eigenvalue weighted by Crippen LogP contribution is -2.58. The largest absolute Gasteiger partial charge is 0.494 e. The van der Waals surface area contributed by atoms with E-state index < -0.39 is 36.6 Å². The molecule has 0 spiro atoms. The Kier molecular flexibility index (Phi) is 7.18. The van der Waals surface area contributed by atoms with Crippen LogP contribution in [0.4, 0.5) is 26.3 Å². The molecule has 2 N–H and O–H groups in total. The van der Waals surface area contributed by atoms with Gasteiger partial charge in [-0.3, -0.25) is 4.79 Å². The molecule has 1 amide bonds. The Labute approximate surface area is 210 Å². The highest BCUT2D eigenvalue weighted by atomic mass is 35.5. The maximum Gasteiger partial charge on any atom is 0.416 e. The van der Waals surface area contributed by atoms with Gasteiger partial charge in [0.05, 0.1) is 12.2 Å². The summed E-state index contributed by atoms with van der Waals surface area (Å²) in [7, 11) is 0. The van der Waals surface area contributed by atoms with Gasteiger partial charge in [-0.15, -0.1) is 10.2 Å². The molecule has 0 aliphatic carbocycles. The van der Waals surface area contributed by atoms with Gasteiger partial charge in [-0.2, -0.15) is 31.6 Å². The number of halogens is 7. The number of carbonyl (C=O) groups excluding carboxylic acids is 1. The number of nitrogens with one attached hydrogen (secondary N) is 2. The summed E-state index contributed by atoms with van der Waals surface area (Å²) < 4.78 is 86.2. The molecule has 1 aliphatic heterocycles. The molecule has 37 heavy (non-hydrogen) atoms. The molecule has 1 unspecified atom stereocenters. The van der Waals surface area contributed by atoms with Crippen LogP contribution in [0.15, 0.2) is 48.5 Å². The van der Waals surface area contributed by atoms with Crippen LogP contribution in [0.1, 0.15) is 36.2 Å². The second-order valence-electron chi connectivity index (χ2n) is 8.22. The van der Waals surface area contributed by atoms with Gasteiger partial charge in [0, 0.05) is 17.9 Å². The van der Waals surface area contributed by atoms with Gasteiger partial charge in [0.25, 0.3) is 5.91 Å². The average Bonchev–Trinajstić information content (AvgIpc) is 3.35. The molecule has 4 rings (SSSR count). The maximum atomic E-state index is 14.7. The summed E-state index contributed by atoms with van der Waals surface area (Å²) in [6, 6.07) is 10.6. The Hall–Kier alpha value is -3.61. The number of H-pyrrole nitrogens is 1. The van der Waals surface area contributed by atoms with Crippen LogP contribution >= 0.6 is 11.6 Å². The number of hydrogen-bond acceptors (Lipinski definition) is 5. The van der Waals surface area contributed by atoms with Gasteiger partial charge in [-0.05, 0) is 52.6 Å². The highest BCUT2D eigenvalue weighted by Crippen LogP contribution is 2.49. The van der Waals surface area contributed by atoms with Crippen molar-refractivity contribution < 1.29 is 35.9 Å². The number of benzene rings is 2. The predicted molar refractivity (Wildman–Crippen MR) is 120 cm³/mol. The molecule has 0 saturated heterocycles. The summed E-state index contributed by atoms with van der Waals surface area (Å²) in [6.07, 6.45) is -11.3. The molecule has 14 heteroatoms. The van der Waals surface area contributed by atoms with Gasteiger partial charge in [0.2, 0.25) is 5.82 Å². The number of tetrazole rings is 1. The third-order valence-electron chi connectivity index (χ3n) is 5.76. The monoisotopic (exact) mass is 545 g/mol. The minimum Gasteiger partial charge on any atom is -0.494 e. The van der Waals surface area contributed by atoms with Gasteiger partial charge in [-0.25, -0.2) is 0 Å². The smallest absolute Gasteiger partial charge is 0.416 e. The van der Waals surface area contributed by atoms with E-state index in [1.165, 1.54) is 36.4 Å². The van der Waals surface area contributed by atoms with Crippen LogP contribution in [-0.4, -0.2) is 45.5 Å². The molecule has 196 valence electrons. The SMILES string of the molecule is O=C1NC(c2ccc(OCCCC(F)(F)F)cc2)(C(F)(F)F)CC(c2ccc(Cl)cc2)=C1c1nn[nH]n1. The predicted octanol–water partition coefficient (Wildman–Crippen LogP) is 5.46. The number of aromatic nitrogens is 4. The molecule has 2 heterocycles. The summed E-state index contributed by atoms with van der Waals surface area (Å²) in [6.45, 7) is -0.266. The lowest BCUT2D eigenvalue weighted by molar-refractivity contribution is -0.201. The Morgan fingerprint density at radius 1 is 1.00 bits per heavy atom. The summed E-state index contributed by atoms with van der Waals surface area (Å²) in [5.74, 6) is -1.16. The Morgan fingerprint density at radius 2 is 1.68 bits per heavy atom. The Balaban J connectivity index is 1.71. The van der Waals surface area contributed by atoms with Crippen LogP contribution in [0.3, 0.4) is 0 Å². The zero-order chi connectivity index (χ0) is 26.8. The number of amides is 1. The number of hydrogen-bond donors (Lipinski definition) is 2. The fourth-order valence-corrected chi connectivity index (χ4v) is 4.13. The zero-order valence-electron chi connectivity index (χ0n) is 18.8. The number of aromatic amines is 1. The number of ether oxygens (including phenoxy) is 1. The van der Waals surface area contributed by atoms with Crippen molar-refractivity contribution in [2.75, 3.05) is 6.61 Å². The first-order chi connectivity index (χ1) is 17.4. The van der Waals surface area contributed by atoms with E-state index in [-0.39, 0.29) is 41.3 Å². The van der Waals surface area contributed by atoms with E-state index in [1.54, 1.807) is 0 Å². The molecule has 2 aromatic carbocycles. The fourth-order valence-electron chi connectivity index (χ4n) is 4.00. The molecule has 0 fully saturated rings. The molecule has 1 aromatic heterocycles. The molecule has 1 aliphatic rings. The first-order valence-electron chi connectivity index (χ1n) is 10.8. The minimum absolute atomic E-state index is 0.0200. The summed E-state index contributed by atoms with van der Waals surface area (Å²) >= 11 is 5.94. The molecular weight excluding hydrogens is 528 g/mol. The van der Waals surface area contributed by atoms with Gasteiger partial charge in [0.1, 0.15) is 5.75 Å². The van der Waals surface area contributed by atoms with E-state index in [2.05, 4.69) is 25.9 Å². The molecule has 0 bridgehead atoms. The van der Waals surface area contributed by atoms with Crippen molar-refractivity contribution in [3.05, 3.63) is 70.5 Å². The van der Waals surface area contributed by atoms with Crippen LogP contribution in [0, 0.1) is 0 Å². The fraction of sp³-hybridized carbons (Fsp3) is 0.304. The van der Waals surface area contributed by atoms with Crippen molar-refractivity contribution in [3.63, 3.8) is 0 Å². The van der Waals surface area contributed by atoms with Crippen LogP contribution in [0.5, 0.6) is 5.75 Å². The Morgan fingerprint density at radius 3 is 2.24 bits per heavy atom. The van der Waals surface area contributed by atoms with Crippen molar-refractivity contribution >= 4 is 28.7 Å². The van der Waals surface area contributed by atoms with Crippen LogP contribution in [-0.2, 0) is 10.3 Å². The van der Waals surface area contributed by atoms with Gasteiger partial charge in [-0.1, -0.05) is 35.9 Å². The molecule has 0 radical (unpaired) electrons. The summed E-state index contributed by atoms with van der Waals surface area (Å²) in [5, 5.41) is 15.6. The van der Waals surface area contributed by atoms with E-state index in [0.717, 1.165) is 12.1 Å².